The molecule has 0 fully saturated rings. The number of carbonyl (C=O) groups is 1. The van der Waals surface area contributed by atoms with Gasteiger partial charge in [0.05, 0.1) is 33.4 Å². The third-order valence-electron chi connectivity index (χ3n) is 8.28. The van der Waals surface area contributed by atoms with Gasteiger partial charge in [-0.2, -0.15) is 0 Å². The van der Waals surface area contributed by atoms with Gasteiger partial charge in [-0.3, -0.25) is 14.8 Å². The van der Waals surface area contributed by atoms with E-state index in [-0.39, 0.29) is 22.8 Å². The molecule has 244 valence electrons. The molecular formula is C38H34FN3O5S. The molecule has 0 aliphatic heterocycles. The number of hydrogen-bond acceptors (Lipinski definition) is 6. The second kappa shape index (κ2) is 13.0. The van der Waals surface area contributed by atoms with Crippen LogP contribution in [0.1, 0.15) is 36.4 Å². The number of sulfone groups is 1. The molecule has 0 unspecified atom stereocenters. The number of halogens is 1. The second-order valence-electron chi connectivity index (χ2n) is 12.4. The number of ether oxygens (including phenoxy) is 1. The number of fused-ring (bicyclic) bond motifs is 1. The Hall–Kier alpha value is -5.35. The number of carboxylic acids is 1. The third kappa shape index (κ3) is 6.70. The molecule has 0 amide bonds. The smallest absolute Gasteiger partial charge is 0.309 e. The van der Waals surface area contributed by atoms with E-state index in [2.05, 4.69) is 9.97 Å². The van der Waals surface area contributed by atoms with Gasteiger partial charge in [0.25, 0.3) is 0 Å². The number of aromatic nitrogens is 3. The molecule has 0 bridgehead atoms. The molecule has 10 heteroatoms. The van der Waals surface area contributed by atoms with Gasteiger partial charge in [0.1, 0.15) is 23.1 Å². The minimum atomic E-state index is -4.19. The van der Waals surface area contributed by atoms with Crippen molar-refractivity contribution in [3.63, 3.8) is 0 Å². The van der Waals surface area contributed by atoms with Crippen molar-refractivity contribution < 1.29 is 27.4 Å². The van der Waals surface area contributed by atoms with E-state index >= 15 is 0 Å². The highest BCUT2D eigenvalue weighted by Crippen LogP contribution is 2.40. The van der Waals surface area contributed by atoms with Crippen LogP contribution in [-0.4, -0.2) is 34.0 Å². The minimum absolute atomic E-state index is 0.0345. The summed E-state index contributed by atoms with van der Waals surface area (Å²) in [5, 5.41) is 10.6. The zero-order chi connectivity index (χ0) is 34.1. The van der Waals surface area contributed by atoms with Crippen LogP contribution in [-0.2, 0) is 34.2 Å². The lowest BCUT2D eigenvalue weighted by Gasteiger charge is -2.22. The maximum Gasteiger partial charge on any atom is 0.309 e. The third-order valence-corrected chi connectivity index (χ3v) is 10.2. The van der Waals surface area contributed by atoms with Crippen molar-refractivity contribution in [2.75, 3.05) is 0 Å². The molecule has 0 radical (unpaired) electrons. The number of benzene rings is 3. The van der Waals surface area contributed by atoms with Crippen LogP contribution in [0.3, 0.4) is 0 Å². The maximum atomic E-state index is 14.6. The van der Waals surface area contributed by atoms with Gasteiger partial charge in [0.2, 0.25) is 9.84 Å². The number of carboxylic acid groups (broad SMARTS) is 1. The first-order valence-electron chi connectivity index (χ1n) is 15.4. The molecule has 0 atom stereocenters. The molecular weight excluding hydrogens is 629 g/mol. The molecule has 3 aromatic heterocycles. The molecule has 3 heterocycles. The van der Waals surface area contributed by atoms with Crippen LogP contribution in [0.15, 0.2) is 119 Å². The van der Waals surface area contributed by atoms with Gasteiger partial charge in [-0.05, 0) is 74.4 Å². The maximum absolute atomic E-state index is 14.6. The number of aliphatic carboxylic acids is 1. The summed E-state index contributed by atoms with van der Waals surface area (Å²) in [6, 6.07) is 27.7. The fraction of sp³-hybridized carbons (Fsp3) is 0.184. The van der Waals surface area contributed by atoms with Crippen molar-refractivity contribution in [3.8, 4) is 17.0 Å². The van der Waals surface area contributed by atoms with E-state index in [1.807, 2.05) is 54.0 Å². The van der Waals surface area contributed by atoms with Gasteiger partial charge in [0.15, 0.2) is 0 Å². The Balaban J connectivity index is 1.51. The first-order chi connectivity index (χ1) is 22.9. The van der Waals surface area contributed by atoms with Gasteiger partial charge in [-0.1, -0.05) is 48.5 Å². The Morgan fingerprint density at radius 3 is 2.31 bits per heavy atom. The fourth-order valence-electron chi connectivity index (χ4n) is 5.57. The summed E-state index contributed by atoms with van der Waals surface area (Å²) in [5.41, 5.74) is 3.49. The predicted octanol–water partition coefficient (Wildman–Crippen LogP) is 7.66. The molecule has 0 aliphatic carbocycles. The topological polar surface area (TPSA) is 111 Å². The highest BCUT2D eigenvalue weighted by Gasteiger charge is 2.35. The predicted molar refractivity (Wildman–Crippen MR) is 181 cm³/mol. The molecule has 3 aromatic carbocycles. The fourth-order valence-corrected chi connectivity index (χ4v) is 7.25. The van der Waals surface area contributed by atoms with Crippen LogP contribution in [0.4, 0.5) is 4.39 Å². The summed E-state index contributed by atoms with van der Waals surface area (Å²) in [4.78, 5) is 21.0. The van der Waals surface area contributed by atoms with Crippen molar-refractivity contribution in [2.24, 2.45) is 5.41 Å². The molecule has 0 spiro atoms. The van der Waals surface area contributed by atoms with Crippen molar-refractivity contribution in [1.82, 2.24) is 14.5 Å². The monoisotopic (exact) mass is 663 g/mol. The van der Waals surface area contributed by atoms with Gasteiger partial charge in [-0.25, -0.2) is 12.8 Å². The van der Waals surface area contributed by atoms with Crippen molar-refractivity contribution in [1.29, 1.82) is 0 Å². The lowest BCUT2D eigenvalue weighted by atomic mass is 9.88. The van der Waals surface area contributed by atoms with Crippen LogP contribution in [0.5, 0.6) is 5.75 Å². The largest absolute Gasteiger partial charge is 0.487 e. The van der Waals surface area contributed by atoms with Crippen molar-refractivity contribution >= 4 is 26.7 Å². The molecule has 1 N–H and O–H groups in total. The summed E-state index contributed by atoms with van der Waals surface area (Å²) < 4.78 is 50.7. The van der Waals surface area contributed by atoms with Crippen molar-refractivity contribution in [2.45, 2.75) is 50.1 Å². The highest BCUT2D eigenvalue weighted by molar-refractivity contribution is 7.91. The van der Waals surface area contributed by atoms with Crippen molar-refractivity contribution in [3.05, 3.63) is 138 Å². The normalized spacial score (nSPS) is 11.9. The van der Waals surface area contributed by atoms with E-state index in [1.54, 1.807) is 50.4 Å². The van der Waals surface area contributed by atoms with Crippen LogP contribution in [0, 0.1) is 18.2 Å². The van der Waals surface area contributed by atoms with E-state index in [0.29, 0.717) is 40.1 Å². The summed E-state index contributed by atoms with van der Waals surface area (Å²) in [6.45, 7) is 5.65. The summed E-state index contributed by atoms with van der Waals surface area (Å²) in [6.07, 6.45) is 2.82. The van der Waals surface area contributed by atoms with Gasteiger partial charge < -0.3 is 14.4 Å². The zero-order valence-electron chi connectivity index (χ0n) is 26.7. The van der Waals surface area contributed by atoms with E-state index in [9.17, 15) is 22.7 Å². The van der Waals surface area contributed by atoms with Crippen LogP contribution >= 0.6 is 0 Å². The summed E-state index contributed by atoms with van der Waals surface area (Å²) >= 11 is 0. The lowest BCUT2D eigenvalue weighted by Crippen LogP contribution is -2.28. The van der Waals surface area contributed by atoms with E-state index in [4.69, 9.17) is 4.74 Å². The molecule has 6 rings (SSSR count). The quantitative estimate of drug-likeness (QED) is 0.152. The standard InChI is InChI=1S/C38H34FN3O5S/c1-25-9-13-29(40-21-25)24-47-30-14-17-32-34(19-30)42(23-26-7-5-4-6-8-26)35(20-38(2,3)37(43)44)36(32)48(45,46)31-15-10-27(11-16-31)33-18-12-28(39)22-41-33/h4-19,21-22H,20,23-24H2,1-3H3,(H,43,44). The van der Waals surface area contributed by atoms with Crippen LogP contribution < -0.4 is 4.74 Å². The SMILES string of the molecule is Cc1ccc(COc2ccc3c(S(=O)(=O)c4ccc(-c5ccc(F)cn5)cc4)c(CC(C)(C)C(=O)O)n(Cc4ccccc4)c3c2)nc1. The Kier molecular flexibility index (Phi) is 8.85. The number of nitrogens with zero attached hydrogens (tertiary/aromatic N) is 3. The Labute approximate surface area is 278 Å². The summed E-state index contributed by atoms with van der Waals surface area (Å²) in [7, 11) is -4.19. The first-order valence-corrected chi connectivity index (χ1v) is 16.8. The van der Waals surface area contributed by atoms with Crippen LogP contribution in [0.2, 0.25) is 0 Å². The zero-order valence-corrected chi connectivity index (χ0v) is 27.5. The van der Waals surface area contributed by atoms with E-state index in [0.717, 1.165) is 23.0 Å². The number of hydrogen-bond donors (Lipinski definition) is 1. The van der Waals surface area contributed by atoms with Crippen LogP contribution in [0.25, 0.3) is 22.2 Å². The Bertz CT molecular complexity index is 2200. The number of aryl methyl sites for hydroxylation is 1. The van der Waals surface area contributed by atoms with E-state index in [1.165, 1.54) is 24.3 Å². The Morgan fingerprint density at radius 1 is 0.917 bits per heavy atom. The first kappa shape index (κ1) is 32.6. The molecule has 0 aliphatic rings. The molecule has 48 heavy (non-hydrogen) atoms. The van der Waals surface area contributed by atoms with Gasteiger partial charge >= 0.3 is 5.97 Å². The average molecular weight is 664 g/mol. The average Bonchev–Trinajstić information content (AvgIpc) is 3.37. The van der Waals surface area contributed by atoms with Gasteiger partial charge in [0, 0.05) is 41.9 Å². The molecule has 0 saturated carbocycles. The summed E-state index contributed by atoms with van der Waals surface area (Å²) in [5.74, 6) is -1.00. The molecule has 0 saturated heterocycles. The molecule has 8 nitrogen and oxygen atoms in total. The number of pyridine rings is 2. The number of rotatable bonds is 11. The lowest BCUT2D eigenvalue weighted by molar-refractivity contribution is -0.146. The Morgan fingerprint density at radius 2 is 1.67 bits per heavy atom. The highest BCUT2D eigenvalue weighted by atomic mass is 32.2. The second-order valence-corrected chi connectivity index (χ2v) is 14.3. The minimum Gasteiger partial charge on any atom is -0.487 e. The van der Waals surface area contributed by atoms with Gasteiger partial charge in [-0.15, -0.1) is 0 Å². The molecule has 6 aromatic rings. The van der Waals surface area contributed by atoms with E-state index < -0.39 is 27.0 Å².